The molecule has 0 N–H and O–H groups in total. The second-order valence-electron chi connectivity index (χ2n) is 8.07. The first-order valence-corrected chi connectivity index (χ1v) is 11.6. The fourth-order valence-electron chi connectivity index (χ4n) is 4.07. The maximum absolute atomic E-state index is 2.42. The summed E-state index contributed by atoms with van der Waals surface area (Å²) in [5.41, 5.74) is 2.49. The molecule has 0 atom stereocenters. The summed E-state index contributed by atoms with van der Waals surface area (Å²) >= 11 is 0. The maximum Gasteiger partial charge on any atom is 0.294 e. The summed E-state index contributed by atoms with van der Waals surface area (Å²) in [4.78, 5) is 0. The van der Waals surface area contributed by atoms with Crippen molar-refractivity contribution in [2.24, 2.45) is 0 Å². The normalized spacial score (nSPS) is 11.1. The molecule has 0 aliphatic heterocycles. The molecule has 3 rings (SSSR count). The van der Waals surface area contributed by atoms with Crippen LogP contribution in [-0.2, 0) is 6.54 Å². The lowest BCUT2D eigenvalue weighted by molar-refractivity contribution is -0.685. The predicted molar refractivity (Wildman–Crippen MR) is 123 cm³/mol. The minimum absolute atomic E-state index is 1.08. The van der Waals surface area contributed by atoms with Crippen molar-refractivity contribution in [2.75, 3.05) is 0 Å². The summed E-state index contributed by atoms with van der Waals surface area (Å²) in [6, 6.07) is 21.4. The second-order valence-corrected chi connectivity index (χ2v) is 8.07. The molecular weight excluding hydrogens is 352 g/mol. The van der Waals surface area contributed by atoms with Crippen LogP contribution in [0.15, 0.2) is 73.1 Å². The van der Waals surface area contributed by atoms with Crippen molar-refractivity contribution in [1.82, 2.24) is 4.57 Å². The number of imidazole rings is 1. The lowest BCUT2D eigenvalue weighted by Gasteiger charge is -2.06. The van der Waals surface area contributed by atoms with Crippen LogP contribution < -0.4 is 4.57 Å². The number of benzene rings is 2. The van der Waals surface area contributed by atoms with Crippen molar-refractivity contribution >= 4 is 0 Å². The molecule has 0 bridgehead atoms. The van der Waals surface area contributed by atoms with E-state index in [4.69, 9.17) is 0 Å². The van der Waals surface area contributed by atoms with Crippen LogP contribution in [0, 0.1) is 0 Å². The summed E-state index contributed by atoms with van der Waals surface area (Å²) in [5, 5.41) is 0. The Kier molecular flexibility index (Phi) is 9.03. The van der Waals surface area contributed by atoms with E-state index in [2.05, 4.69) is 89.1 Å². The van der Waals surface area contributed by atoms with E-state index in [1.54, 1.807) is 0 Å². The lowest BCUT2D eigenvalue weighted by Crippen LogP contribution is -2.34. The van der Waals surface area contributed by atoms with Gasteiger partial charge in [-0.15, -0.1) is 0 Å². The number of para-hydroxylation sites is 1. The number of unbranched alkanes of at least 4 members (excludes halogenated alkanes) is 9. The Morgan fingerprint density at radius 1 is 0.655 bits per heavy atom. The molecule has 0 saturated heterocycles. The van der Waals surface area contributed by atoms with E-state index in [1.807, 2.05) is 0 Å². The zero-order valence-electron chi connectivity index (χ0n) is 18.1. The van der Waals surface area contributed by atoms with Crippen molar-refractivity contribution in [3.8, 4) is 17.1 Å². The number of hydrogen-bond acceptors (Lipinski definition) is 0. The van der Waals surface area contributed by atoms with Crippen molar-refractivity contribution in [1.29, 1.82) is 0 Å². The van der Waals surface area contributed by atoms with Crippen LogP contribution in [0.5, 0.6) is 0 Å². The average molecular weight is 390 g/mol. The van der Waals surface area contributed by atoms with E-state index in [0.717, 1.165) is 6.54 Å². The van der Waals surface area contributed by atoms with Gasteiger partial charge in [0.25, 0.3) is 5.82 Å². The van der Waals surface area contributed by atoms with Gasteiger partial charge in [0.2, 0.25) is 0 Å². The molecule has 0 fully saturated rings. The Morgan fingerprint density at radius 2 is 1.21 bits per heavy atom. The Balaban J connectivity index is 1.54. The molecule has 0 aliphatic carbocycles. The van der Waals surface area contributed by atoms with Crippen LogP contribution in [0.3, 0.4) is 0 Å². The highest BCUT2D eigenvalue weighted by atomic mass is 15.2. The number of nitrogens with zero attached hydrogens (tertiary/aromatic N) is 2. The van der Waals surface area contributed by atoms with Gasteiger partial charge in [0.1, 0.15) is 18.1 Å². The van der Waals surface area contributed by atoms with Gasteiger partial charge in [-0.1, -0.05) is 94.7 Å². The molecule has 0 saturated carbocycles. The highest BCUT2D eigenvalue weighted by Crippen LogP contribution is 2.20. The molecule has 2 heteroatoms. The van der Waals surface area contributed by atoms with Crippen LogP contribution in [0.25, 0.3) is 17.1 Å². The molecule has 154 valence electrons. The zero-order chi connectivity index (χ0) is 20.2. The quantitative estimate of drug-likeness (QED) is 0.213. The van der Waals surface area contributed by atoms with Gasteiger partial charge in [-0.3, -0.25) is 0 Å². The summed E-state index contributed by atoms with van der Waals surface area (Å²) in [6.45, 7) is 3.37. The third kappa shape index (κ3) is 6.59. The van der Waals surface area contributed by atoms with Crippen LogP contribution in [0.1, 0.15) is 71.1 Å². The van der Waals surface area contributed by atoms with E-state index in [1.165, 1.54) is 81.3 Å². The number of aryl methyl sites for hydroxylation is 1. The van der Waals surface area contributed by atoms with Gasteiger partial charge in [0, 0.05) is 0 Å². The van der Waals surface area contributed by atoms with E-state index < -0.39 is 0 Å². The first kappa shape index (κ1) is 21.4. The van der Waals surface area contributed by atoms with Crippen molar-refractivity contribution in [3.63, 3.8) is 0 Å². The third-order valence-electron chi connectivity index (χ3n) is 5.71. The molecule has 0 unspecified atom stereocenters. The van der Waals surface area contributed by atoms with Gasteiger partial charge in [0.15, 0.2) is 0 Å². The molecule has 29 heavy (non-hydrogen) atoms. The van der Waals surface area contributed by atoms with Gasteiger partial charge in [0.05, 0.1) is 12.1 Å². The molecule has 2 aromatic carbocycles. The SMILES string of the molecule is CCCCCCCCCCCC[n+]1ccn(-c2ccccc2)c1-c1ccccc1. The lowest BCUT2D eigenvalue weighted by atomic mass is 10.1. The Hall–Kier alpha value is -2.35. The predicted octanol–water partition coefficient (Wildman–Crippen LogP) is 7.35. The van der Waals surface area contributed by atoms with Crippen LogP contribution in [0.2, 0.25) is 0 Å². The van der Waals surface area contributed by atoms with Gasteiger partial charge >= 0.3 is 0 Å². The molecule has 1 aromatic heterocycles. The van der Waals surface area contributed by atoms with Gasteiger partial charge in [-0.25, -0.2) is 4.57 Å². The van der Waals surface area contributed by atoms with Crippen molar-refractivity contribution in [2.45, 2.75) is 77.7 Å². The number of hydrogen-bond donors (Lipinski definition) is 0. The summed E-state index contributed by atoms with van der Waals surface area (Å²) in [6.07, 6.45) is 18.2. The van der Waals surface area contributed by atoms with Gasteiger partial charge in [-0.05, 0) is 37.1 Å². The molecule has 0 spiro atoms. The largest absolute Gasteiger partial charge is 0.294 e. The monoisotopic (exact) mass is 389 g/mol. The minimum atomic E-state index is 1.08. The Labute approximate surface area is 177 Å². The van der Waals surface area contributed by atoms with E-state index in [0.29, 0.717) is 0 Å². The van der Waals surface area contributed by atoms with E-state index >= 15 is 0 Å². The molecule has 2 nitrogen and oxygen atoms in total. The first-order valence-electron chi connectivity index (χ1n) is 11.6. The summed E-state index contributed by atoms with van der Waals surface area (Å²) in [5.74, 6) is 1.27. The molecule has 1 heterocycles. The Bertz CT molecular complexity index is 805. The fourth-order valence-corrected chi connectivity index (χ4v) is 4.07. The van der Waals surface area contributed by atoms with Gasteiger partial charge < -0.3 is 0 Å². The zero-order valence-corrected chi connectivity index (χ0v) is 18.1. The Morgan fingerprint density at radius 3 is 1.83 bits per heavy atom. The molecular formula is C27H37N2+. The molecule has 0 radical (unpaired) electrons. The van der Waals surface area contributed by atoms with Crippen molar-refractivity contribution < 1.29 is 4.57 Å². The summed E-state index contributed by atoms with van der Waals surface area (Å²) in [7, 11) is 0. The van der Waals surface area contributed by atoms with E-state index in [9.17, 15) is 0 Å². The topological polar surface area (TPSA) is 8.81 Å². The number of rotatable bonds is 13. The highest BCUT2D eigenvalue weighted by Gasteiger charge is 2.20. The first-order chi connectivity index (χ1) is 14.4. The third-order valence-corrected chi connectivity index (χ3v) is 5.71. The molecule has 0 aliphatic rings. The molecule has 3 aromatic rings. The van der Waals surface area contributed by atoms with E-state index in [-0.39, 0.29) is 0 Å². The standard InChI is InChI=1S/C27H37N2/c1-2-3-4-5-6-7-8-9-10-17-22-28-23-24-29(26-20-15-12-16-21-26)27(28)25-18-13-11-14-19-25/h11-16,18-21,23-24H,2-10,17,22H2,1H3/q+1. The van der Waals surface area contributed by atoms with Crippen LogP contribution >= 0.6 is 0 Å². The minimum Gasteiger partial charge on any atom is -0.230 e. The number of aromatic nitrogens is 2. The highest BCUT2D eigenvalue weighted by molar-refractivity contribution is 5.55. The van der Waals surface area contributed by atoms with Crippen LogP contribution in [0.4, 0.5) is 0 Å². The van der Waals surface area contributed by atoms with Gasteiger partial charge in [-0.2, -0.15) is 4.57 Å². The smallest absolute Gasteiger partial charge is 0.230 e. The van der Waals surface area contributed by atoms with Crippen LogP contribution in [-0.4, -0.2) is 4.57 Å². The maximum atomic E-state index is 2.42. The fraction of sp³-hybridized carbons (Fsp3) is 0.444. The molecule has 0 amide bonds. The summed E-state index contributed by atoms with van der Waals surface area (Å²) < 4.78 is 4.73. The average Bonchev–Trinajstić information content (AvgIpc) is 3.20. The van der Waals surface area contributed by atoms with Crippen molar-refractivity contribution in [3.05, 3.63) is 73.1 Å². The second kappa shape index (κ2) is 12.3.